The summed E-state index contributed by atoms with van der Waals surface area (Å²) in [6.07, 6.45) is 2.26. The van der Waals surface area contributed by atoms with E-state index in [9.17, 15) is 0 Å². The predicted octanol–water partition coefficient (Wildman–Crippen LogP) is 3.34. The van der Waals surface area contributed by atoms with Crippen LogP contribution in [0.3, 0.4) is 0 Å². The lowest BCUT2D eigenvalue weighted by atomic mass is 9.97. The van der Waals surface area contributed by atoms with Crippen molar-refractivity contribution in [3.8, 4) is 5.75 Å². The summed E-state index contributed by atoms with van der Waals surface area (Å²) in [5, 5.41) is 0. The zero-order chi connectivity index (χ0) is 11.7. The number of anilines is 1. The van der Waals surface area contributed by atoms with E-state index in [-0.39, 0.29) is 6.10 Å². The van der Waals surface area contributed by atoms with Crippen molar-refractivity contribution >= 4 is 5.69 Å². The quantitative estimate of drug-likeness (QED) is 0.755. The van der Waals surface area contributed by atoms with E-state index in [1.165, 1.54) is 11.1 Å². The standard InChI is InChI=1S/C15H15NO/c16-13-8-5-12(6-9-13)15-10-7-11-3-1-2-4-14(11)17-15/h1-6,8-9,15H,7,10,16H2. The third-order valence-electron chi connectivity index (χ3n) is 3.23. The molecule has 0 aromatic heterocycles. The number of hydrogen-bond donors (Lipinski definition) is 1. The van der Waals surface area contributed by atoms with Crippen LogP contribution in [0.1, 0.15) is 23.7 Å². The van der Waals surface area contributed by atoms with Crippen LogP contribution in [-0.2, 0) is 6.42 Å². The van der Waals surface area contributed by atoms with E-state index < -0.39 is 0 Å². The van der Waals surface area contributed by atoms with Crippen molar-refractivity contribution in [2.24, 2.45) is 0 Å². The highest BCUT2D eigenvalue weighted by Crippen LogP contribution is 2.34. The molecule has 1 unspecified atom stereocenters. The van der Waals surface area contributed by atoms with Crippen LogP contribution in [0.25, 0.3) is 0 Å². The molecule has 3 rings (SSSR count). The number of rotatable bonds is 1. The molecule has 86 valence electrons. The predicted molar refractivity (Wildman–Crippen MR) is 69.0 cm³/mol. The molecule has 1 atom stereocenters. The van der Waals surface area contributed by atoms with E-state index in [4.69, 9.17) is 10.5 Å². The minimum atomic E-state index is 0.158. The Labute approximate surface area is 101 Å². The molecule has 1 heterocycles. The number of hydrogen-bond acceptors (Lipinski definition) is 2. The largest absolute Gasteiger partial charge is 0.485 e. The van der Waals surface area contributed by atoms with Gasteiger partial charge in [0.05, 0.1) is 0 Å². The average molecular weight is 225 g/mol. The number of aryl methyl sites for hydroxylation is 1. The Balaban J connectivity index is 1.86. The Kier molecular flexibility index (Phi) is 2.48. The van der Waals surface area contributed by atoms with Gasteiger partial charge >= 0.3 is 0 Å². The van der Waals surface area contributed by atoms with Gasteiger partial charge in [0.1, 0.15) is 11.9 Å². The fraction of sp³-hybridized carbons (Fsp3) is 0.200. The maximum atomic E-state index is 6.02. The molecule has 2 heteroatoms. The summed E-state index contributed by atoms with van der Waals surface area (Å²) in [4.78, 5) is 0. The van der Waals surface area contributed by atoms with E-state index in [0.29, 0.717) is 0 Å². The van der Waals surface area contributed by atoms with Gasteiger partial charge in [-0.25, -0.2) is 0 Å². The second-order valence-corrected chi connectivity index (χ2v) is 4.42. The van der Waals surface area contributed by atoms with Gasteiger partial charge in [0, 0.05) is 5.69 Å². The van der Waals surface area contributed by atoms with Crippen molar-refractivity contribution in [2.75, 3.05) is 5.73 Å². The van der Waals surface area contributed by atoms with Crippen molar-refractivity contribution in [1.29, 1.82) is 0 Å². The molecule has 0 bridgehead atoms. The van der Waals surface area contributed by atoms with Gasteiger partial charge in [0.25, 0.3) is 0 Å². The van der Waals surface area contributed by atoms with Crippen molar-refractivity contribution in [3.63, 3.8) is 0 Å². The van der Waals surface area contributed by atoms with Crippen LogP contribution in [0.15, 0.2) is 48.5 Å². The van der Waals surface area contributed by atoms with Crippen molar-refractivity contribution in [3.05, 3.63) is 59.7 Å². The van der Waals surface area contributed by atoms with Gasteiger partial charge in [-0.2, -0.15) is 0 Å². The normalized spacial score (nSPS) is 18.2. The molecule has 2 N–H and O–H groups in total. The van der Waals surface area contributed by atoms with Crippen LogP contribution in [0.5, 0.6) is 5.75 Å². The van der Waals surface area contributed by atoms with Gasteiger partial charge < -0.3 is 10.5 Å². The molecule has 0 saturated carbocycles. The molecular weight excluding hydrogens is 210 g/mol. The van der Waals surface area contributed by atoms with Crippen molar-refractivity contribution in [2.45, 2.75) is 18.9 Å². The fourth-order valence-electron chi connectivity index (χ4n) is 2.27. The molecule has 0 spiro atoms. The number of para-hydroxylation sites is 1. The lowest BCUT2D eigenvalue weighted by molar-refractivity contribution is 0.176. The molecule has 0 aliphatic carbocycles. The van der Waals surface area contributed by atoms with Crippen LogP contribution < -0.4 is 10.5 Å². The van der Waals surface area contributed by atoms with Gasteiger partial charge in [-0.3, -0.25) is 0 Å². The Bertz CT molecular complexity index is 519. The van der Waals surface area contributed by atoms with Gasteiger partial charge in [0.15, 0.2) is 0 Å². The molecule has 0 radical (unpaired) electrons. The monoisotopic (exact) mass is 225 g/mol. The summed E-state index contributed by atoms with van der Waals surface area (Å²) >= 11 is 0. The topological polar surface area (TPSA) is 35.2 Å². The highest BCUT2D eigenvalue weighted by molar-refractivity contribution is 5.41. The maximum Gasteiger partial charge on any atom is 0.124 e. The highest BCUT2D eigenvalue weighted by atomic mass is 16.5. The van der Waals surface area contributed by atoms with Crippen molar-refractivity contribution in [1.82, 2.24) is 0 Å². The van der Waals surface area contributed by atoms with Crippen LogP contribution in [-0.4, -0.2) is 0 Å². The molecule has 2 aromatic carbocycles. The molecule has 0 saturated heterocycles. The fourth-order valence-corrected chi connectivity index (χ4v) is 2.27. The van der Waals surface area contributed by atoms with Crippen LogP contribution in [0.4, 0.5) is 5.69 Å². The minimum absolute atomic E-state index is 0.158. The molecule has 2 nitrogen and oxygen atoms in total. The van der Waals surface area contributed by atoms with E-state index in [1.54, 1.807) is 0 Å². The zero-order valence-corrected chi connectivity index (χ0v) is 9.60. The van der Waals surface area contributed by atoms with Gasteiger partial charge in [-0.15, -0.1) is 0 Å². The van der Waals surface area contributed by atoms with Gasteiger partial charge in [0.2, 0.25) is 0 Å². The first-order valence-corrected chi connectivity index (χ1v) is 5.93. The number of nitrogens with two attached hydrogens (primary N) is 1. The number of ether oxygens (including phenoxy) is 1. The summed E-state index contributed by atoms with van der Waals surface area (Å²) in [7, 11) is 0. The van der Waals surface area contributed by atoms with Crippen molar-refractivity contribution < 1.29 is 4.74 Å². The van der Waals surface area contributed by atoms with E-state index >= 15 is 0 Å². The Hall–Kier alpha value is -1.96. The molecule has 0 fully saturated rings. The summed E-state index contributed by atoms with van der Waals surface area (Å²) in [5.41, 5.74) is 9.00. The molecule has 2 aromatic rings. The molecule has 17 heavy (non-hydrogen) atoms. The number of fused-ring (bicyclic) bond motifs is 1. The van der Waals surface area contributed by atoms with E-state index in [1.807, 2.05) is 36.4 Å². The Morgan fingerprint density at radius 1 is 1.00 bits per heavy atom. The summed E-state index contributed by atoms with van der Waals surface area (Å²) in [5.74, 6) is 1.01. The van der Waals surface area contributed by atoms with Gasteiger partial charge in [-0.1, -0.05) is 30.3 Å². The Morgan fingerprint density at radius 3 is 2.59 bits per heavy atom. The average Bonchev–Trinajstić information content (AvgIpc) is 2.39. The molecule has 0 amide bonds. The van der Waals surface area contributed by atoms with Crippen LogP contribution in [0.2, 0.25) is 0 Å². The third kappa shape index (κ3) is 1.98. The third-order valence-corrected chi connectivity index (χ3v) is 3.23. The lowest BCUT2D eigenvalue weighted by Crippen LogP contribution is -2.14. The van der Waals surface area contributed by atoms with E-state index in [2.05, 4.69) is 12.1 Å². The summed E-state index contributed by atoms with van der Waals surface area (Å²) < 4.78 is 6.02. The van der Waals surface area contributed by atoms with E-state index in [0.717, 1.165) is 24.3 Å². The molecule has 1 aliphatic heterocycles. The summed E-state index contributed by atoms with van der Waals surface area (Å²) in [6, 6.07) is 16.2. The first-order chi connectivity index (χ1) is 8.33. The SMILES string of the molecule is Nc1ccc(C2CCc3ccccc3O2)cc1. The zero-order valence-electron chi connectivity index (χ0n) is 9.60. The molecular formula is C15H15NO. The highest BCUT2D eigenvalue weighted by Gasteiger charge is 2.20. The second kappa shape index (κ2) is 4.13. The van der Waals surface area contributed by atoms with Crippen LogP contribution in [0, 0.1) is 0 Å². The Morgan fingerprint density at radius 2 is 1.76 bits per heavy atom. The van der Waals surface area contributed by atoms with Gasteiger partial charge in [-0.05, 0) is 42.2 Å². The number of nitrogen functional groups attached to an aromatic ring is 1. The first kappa shape index (κ1) is 10.2. The lowest BCUT2D eigenvalue weighted by Gasteiger charge is -2.26. The maximum absolute atomic E-state index is 6.02. The first-order valence-electron chi connectivity index (χ1n) is 5.93. The summed E-state index contributed by atoms with van der Waals surface area (Å²) in [6.45, 7) is 0. The smallest absolute Gasteiger partial charge is 0.124 e. The minimum Gasteiger partial charge on any atom is -0.485 e. The number of benzene rings is 2. The second-order valence-electron chi connectivity index (χ2n) is 4.42. The molecule has 1 aliphatic rings. The van der Waals surface area contributed by atoms with Crippen LogP contribution >= 0.6 is 0 Å².